The minimum absolute atomic E-state index is 0.0429. The SMILES string of the molecule is C[C@@H](COc1ccnc2c1[C@H](C)CCC2)CC1Cc2ccc(OS(=O)(=O)O)cc2C12CCC(Nc1cccc(Cl)c1)(C(=O)O)CC2. The monoisotopic (exact) mass is 668 g/mol. The number of anilines is 1. The topological polar surface area (TPSA) is 135 Å². The van der Waals surface area contributed by atoms with Crippen molar-refractivity contribution in [3.8, 4) is 11.5 Å². The molecule has 0 radical (unpaired) electrons. The first-order chi connectivity index (χ1) is 21.9. The van der Waals surface area contributed by atoms with Crippen LogP contribution < -0.4 is 14.2 Å². The maximum atomic E-state index is 12.8. The Labute approximate surface area is 275 Å². The molecule has 6 rings (SSSR count). The average molecular weight is 669 g/mol. The van der Waals surface area contributed by atoms with E-state index in [2.05, 4.69) is 24.1 Å². The molecule has 3 aromatic rings. The van der Waals surface area contributed by atoms with Gasteiger partial charge in [-0.15, -0.1) is 0 Å². The van der Waals surface area contributed by atoms with E-state index in [1.165, 1.54) is 5.56 Å². The highest BCUT2D eigenvalue weighted by atomic mass is 35.5. The Morgan fingerprint density at radius 3 is 2.65 bits per heavy atom. The highest BCUT2D eigenvalue weighted by molar-refractivity contribution is 7.81. The summed E-state index contributed by atoms with van der Waals surface area (Å²) in [6.07, 6.45) is 8.55. The van der Waals surface area contributed by atoms with Crippen molar-refractivity contribution in [1.82, 2.24) is 4.98 Å². The van der Waals surface area contributed by atoms with E-state index in [1.54, 1.807) is 30.3 Å². The quantitative estimate of drug-likeness (QED) is 0.189. The Morgan fingerprint density at radius 2 is 1.93 bits per heavy atom. The lowest BCUT2D eigenvalue weighted by atomic mass is 9.59. The maximum absolute atomic E-state index is 12.8. The molecule has 3 N–H and O–H groups in total. The maximum Gasteiger partial charge on any atom is 0.446 e. The van der Waals surface area contributed by atoms with Gasteiger partial charge in [-0.25, -0.2) is 4.79 Å². The third kappa shape index (κ3) is 6.57. The minimum atomic E-state index is -4.70. The predicted octanol–water partition coefficient (Wildman–Crippen LogP) is 7.38. The Bertz CT molecular complexity index is 1720. The van der Waals surface area contributed by atoms with Gasteiger partial charge in [0.05, 0.1) is 6.61 Å². The van der Waals surface area contributed by atoms with E-state index in [4.69, 9.17) is 20.5 Å². The van der Waals surface area contributed by atoms with Crippen LogP contribution in [0.25, 0.3) is 0 Å². The van der Waals surface area contributed by atoms with Gasteiger partial charge in [-0.3, -0.25) is 9.54 Å². The lowest BCUT2D eigenvalue weighted by Gasteiger charge is -2.47. The molecule has 0 amide bonds. The lowest BCUT2D eigenvalue weighted by Crippen LogP contribution is -2.53. The van der Waals surface area contributed by atoms with Gasteiger partial charge in [0, 0.05) is 28.2 Å². The number of nitrogens with one attached hydrogen (secondary N) is 1. The molecule has 0 saturated heterocycles. The highest BCUT2D eigenvalue weighted by Crippen LogP contribution is 2.57. The first kappa shape index (κ1) is 32.6. The molecule has 1 fully saturated rings. The molecule has 0 bridgehead atoms. The Balaban J connectivity index is 1.25. The predicted molar refractivity (Wildman–Crippen MR) is 176 cm³/mol. The number of nitrogens with zero attached hydrogens (tertiary/aromatic N) is 1. The smallest absolute Gasteiger partial charge is 0.446 e. The number of hydrogen-bond donors (Lipinski definition) is 3. The molecule has 2 aromatic carbocycles. The fourth-order valence-electron chi connectivity index (χ4n) is 8.25. The summed E-state index contributed by atoms with van der Waals surface area (Å²) in [5.41, 5.74) is 3.47. The van der Waals surface area contributed by atoms with Gasteiger partial charge in [-0.1, -0.05) is 37.6 Å². The molecule has 3 aliphatic carbocycles. The fraction of sp³-hybridized carbons (Fsp3) is 0.486. The largest absolute Gasteiger partial charge is 0.493 e. The molecule has 3 aliphatic rings. The van der Waals surface area contributed by atoms with Crippen LogP contribution in [0.5, 0.6) is 11.5 Å². The summed E-state index contributed by atoms with van der Waals surface area (Å²) in [6.45, 7) is 4.96. The molecule has 246 valence electrons. The number of carboxylic acids is 1. The van der Waals surface area contributed by atoms with Gasteiger partial charge in [0.15, 0.2) is 0 Å². The first-order valence-electron chi connectivity index (χ1n) is 16.1. The number of hydrogen-bond acceptors (Lipinski definition) is 7. The Kier molecular flexibility index (Phi) is 8.99. The second kappa shape index (κ2) is 12.7. The summed E-state index contributed by atoms with van der Waals surface area (Å²) in [5.74, 6) is 0.815. The van der Waals surface area contributed by atoms with E-state index >= 15 is 0 Å². The number of ether oxygens (including phenoxy) is 1. The summed E-state index contributed by atoms with van der Waals surface area (Å²) in [7, 11) is -4.70. The van der Waals surface area contributed by atoms with Gasteiger partial charge in [0.25, 0.3) is 0 Å². The number of carboxylic acid groups (broad SMARTS) is 1. The van der Waals surface area contributed by atoms with Gasteiger partial charge in [0.1, 0.15) is 17.0 Å². The number of rotatable bonds is 10. The normalized spacial score (nSPS) is 26.2. The molecule has 11 heteroatoms. The van der Waals surface area contributed by atoms with Crippen molar-refractivity contribution in [3.05, 3.63) is 82.1 Å². The molecule has 0 aliphatic heterocycles. The summed E-state index contributed by atoms with van der Waals surface area (Å²) in [6, 6.07) is 14.2. The van der Waals surface area contributed by atoms with Gasteiger partial charge in [-0.05, 0) is 128 Å². The third-order valence-electron chi connectivity index (χ3n) is 10.5. The van der Waals surface area contributed by atoms with E-state index < -0.39 is 27.3 Å². The molecular weight excluding hydrogens is 628 g/mol. The van der Waals surface area contributed by atoms with E-state index in [9.17, 15) is 22.9 Å². The van der Waals surface area contributed by atoms with Crippen molar-refractivity contribution in [1.29, 1.82) is 0 Å². The summed E-state index contributed by atoms with van der Waals surface area (Å²) >= 11 is 6.20. The van der Waals surface area contributed by atoms with Gasteiger partial charge in [-0.2, -0.15) is 8.42 Å². The number of fused-ring (bicyclic) bond motifs is 3. The van der Waals surface area contributed by atoms with Crippen LogP contribution in [0.4, 0.5) is 5.69 Å². The van der Waals surface area contributed by atoms with Crippen LogP contribution in [0.15, 0.2) is 54.7 Å². The van der Waals surface area contributed by atoms with Crippen molar-refractivity contribution in [3.63, 3.8) is 0 Å². The van der Waals surface area contributed by atoms with E-state index in [0.717, 1.165) is 54.7 Å². The second-order valence-electron chi connectivity index (χ2n) is 13.5. The molecule has 9 nitrogen and oxygen atoms in total. The van der Waals surface area contributed by atoms with Crippen molar-refractivity contribution < 1.29 is 31.8 Å². The van der Waals surface area contributed by atoms with Crippen LogP contribution in [0.3, 0.4) is 0 Å². The molecule has 1 unspecified atom stereocenters. The second-order valence-corrected chi connectivity index (χ2v) is 15.0. The third-order valence-corrected chi connectivity index (χ3v) is 11.1. The fourth-order valence-corrected chi connectivity index (χ4v) is 8.79. The van der Waals surface area contributed by atoms with Crippen molar-refractivity contribution in [2.24, 2.45) is 11.8 Å². The molecule has 46 heavy (non-hydrogen) atoms. The zero-order valence-electron chi connectivity index (χ0n) is 26.2. The zero-order valence-corrected chi connectivity index (χ0v) is 27.7. The van der Waals surface area contributed by atoms with E-state index in [-0.39, 0.29) is 17.6 Å². The number of pyridine rings is 1. The van der Waals surface area contributed by atoms with Gasteiger partial charge >= 0.3 is 16.4 Å². The molecular formula is C35H41ClN2O7S. The highest BCUT2D eigenvalue weighted by Gasteiger charge is 2.54. The van der Waals surface area contributed by atoms with Gasteiger partial charge in [0.2, 0.25) is 0 Å². The standard InChI is InChI=1S/C35H41ClN2O7S/c1-22(21-44-31-11-16-37-30-8-3-5-23(2)32(30)31)17-25-18-24-9-10-28(45-46(41,42)43)20-29(24)34(25)12-14-35(15-13-34,33(39)40)38-27-7-4-6-26(36)19-27/h4,6-7,9-11,16,19-20,22-23,25,38H,3,5,8,12-15,17-18,21H2,1-2H3,(H,39,40)(H,41,42,43)/t22-,23-,25?,34?,35?/m1/s1. The zero-order chi connectivity index (χ0) is 32.7. The summed E-state index contributed by atoms with van der Waals surface area (Å²) < 4.78 is 43.8. The van der Waals surface area contributed by atoms with Crippen LogP contribution in [-0.2, 0) is 33.5 Å². The summed E-state index contributed by atoms with van der Waals surface area (Å²) in [5, 5.41) is 14.3. The average Bonchev–Trinajstić information content (AvgIpc) is 3.28. The number of carbonyl (C=O) groups is 1. The Hall–Kier alpha value is -3.34. The number of halogens is 1. The van der Waals surface area contributed by atoms with Gasteiger partial charge < -0.3 is 19.3 Å². The van der Waals surface area contributed by atoms with Crippen molar-refractivity contribution in [2.75, 3.05) is 11.9 Å². The van der Waals surface area contributed by atoms with E-state index in [1.807, 2.05) is 24.4 Å². The number of aliphatic carboxylic acids is 1. The van der Waals surface area contributed by atoms with Crippen molar-refractivity contribution in [2.45, 2.75) is 88.5 Å². The van der Waals surface area contributed by atoms with Crippen LogP contribution >= 0.6 is 11.6 Å². The minimum Gasteiger partial charge on any atom is -0.493 e. The van der Waals surface area contributed by atoms with E-state index in [0.29, 0.717) is 48.9 Å². The van der Waals surface area contributed by atoms with Crippen LogP contribution in [0.2, 0.25) is 5.02 Å². The van der Waals surface area contributed by atoms with Crippen molar-refractivity contribution >= 4 is 33.7 Å². The van der Waals surface area contributed by atoms with Crippen LogP contribution in [-0.4, -0.2) is 41.2 Å². The van der Waals surface area contributed by atoms with Crippen LogP contribution in [0, 0.1) is 11.8 Å². The molecule has 1 saturated carbocycles. The molecule has 1 heterocycles. The first-order valence-corrected chi connectivity index (χ1v) is 17.8. The lowest BCUT2D eigenvalue weighted by molar-refractivity contribution is -0.144. The number of aryl methyl sites for hydroxylation is 1. The number of benzene rings is 2. The summed E-state index contributed by atoms with van der Waals surface area (Å²) in [4.78, 5) is 17.4. The molecule has 3 atom stereocenters. The number of aromatic nitrogens is 1. The molecule has 1 aromatic heterocycles. The Morgan fingerprint density at radius 1 is 1.15 bits per heavy atom. The molecule has 1 spiro atoms. The van der Waals surface area contributed by atoms with Crippen LogP contribution in [0.1, 0.15) is 87.1 Å².